The first-order chi connectivity index (χ1) is 14.1. The second-order valence-electron chi connectivity index (χ2n) is 6.12. The van der Waals surface area contributed by atoms with Crippen molar-refractivity contribution >= 4 is 35.8 Å². The number of nitrogens with zero attached hydrogens (tertiary/aromatic N) is 1. The number of para-hydroxylation sites is 1. The predicted molar refractivity (Wildman–Crippen MR) is 124 cm³/mol. The Morgan fingerprint density at radius 3 is 2.43 bits per heavy atom. The van der Waals surface area contributed by atoms with Gasteiger partial charge in [0.2, 0.25) is 5.91 Å². The van der Waals surface area contributed by atoms with E-state index in [1.807, 2.05) is 37.3 Å². The molecule has 0 unspecified atom stereocenters. The Labute approximate surface area is 192 Å². The van der Waals surface area contributed by atoms with Crippen LogP contribution in [0.3, 0.4) is 0 Å². The minimum Gasteiger partial charge on any atom is -0.434 e. The lowest BCUT2D eigenvalue weighted by Gasteiger charge is -2.13. The lowest BCUT2D eigenvalue weighted by molar-refractivity contribution is -0.121. The molecule has 0 aromatic heterocycles. The number of rotatable bonds is 10. The highest BCUT2D eigenvalue weighted by Gasteiger charge is 2.09. The third-order valence-corrected chi connectivity index (χ3v) is 3.92. The molecule has 0 spiro atoms. The van der Waals surface area contributed by atoms with Crippen LogP contribution in [0.5, 0.6) is 5.75 Å². The van der Waals surface area contributed by atoms with Crippen LogP contribution < -0.4 is 20.7 Å². The van der Waals surface area contributed by atoms with Crippen LogP contribution in [0, 0.1) is 0 Å². The fourth-order valence-electron chi connectivity index (χ4n) is 2.53. The molecule has 2 rings (SSSR count). The van der Waals surface area contributed by atoms with Gasteiger partial charge in [-0.2, -0.15) is 8.78 Å². The Bertz CT molecular complexity index is 792. The number of hydrogen-bond acceptors (Lipinski definition) is 3. The number of guanidine groups is 1. The largest absolute Gasteiger partial charge is 0.434 e. The molecule has 2 aromatic carbocycles. The van der Waals surface area contributed by atoms with Crippen molar-refractivity contribution in [3.8, 4) is 5.75 Å². The number of alkyl halides is 2. The highest BCUT2D eigenvalue weighted by Crippen LogP contribution is 2.20. The Kier molecular flexibility index (Phi) is 12.4. The van der Waals surface area contributed by atoms with Crippen LogP contribution in [0.2, 0.25) is 0 Å². The number of carbonyl (C=O) groups is 1. The first-order valence-electron chi connectivity index (χ1n) is 9.44. The summed E-state index contributed by atoms with van der Waals surface area (Å²) in [6, 6.07) is 16.2. The zero-order valence-corrected chi connectivity index (χ0v) is 19.1. The molecule has 0 aliphatic rings. The van der Waals surface area contributed by atoms with Crippen LogP contribution in [0.1, 0.15) is 24.5 Å². The van der Waals surface area contributed by atoms with Crippen LogP contribution in [0.25, 0.3) is 0 Å². The van der Waals surface area contributed by atoms with Gasteiger partial charge in [-0.05, 0) is 18.6 Å². The molecule has 1 amide bonds. The van der Waals surface area contributed by atoms with Crippen LogP contribution in [0.4, 0.5) is 8.78 Å². The summed E-state index contributed by atoms with van der Waals surface area (Å²) < 4.78 is 29.5. The van der Waals surface area contributed by atoms with Gasteiger partial charge in [0.05, 0.1) is 6.54 Å². The molecule has 0 radical (unpaired) electrons. The minimum absolute atomic E-state index is 0. The Hall–Kier alpha value is -2.43. The maximum Gasteiger partial charge on any atom is 0.387 e. The molecule has 0 saturated carbocycles. The van der Waals surface area contributed by atoms with E-state index in [0.29, 0.717) is 31.2 Å². The molecular formula is C21H27F2IN4O2. The topological polar surface area (TPSA) is 74.8 Å². The van der Waals surface area contributed by atoms with Gasteiger partial charge in [-0.25, -0.2) is 4.99 Å². The van der Waals surface area contributed by atoms with Gasteiger partial charge in [-0.1, -0.05) is 48.5 Å². The number of halogens is 3. The molecule has 0 aliphatic heterocycles. The number of amides is 1. The van der Waals surface area contributed by atoms with E-state index in [0.717, 1.165) is 5.56 Å². The van der Waals surface area contributed by atoms with E-state index in [2.05, 4.69) is 25.7 Å². The number of carbonyl (C=O) groups excluding carboxylic acids is 1. The van der Waals surface area contributed by atoms with Crippen molar-refractivity contribution in [3.05, 3.63) is 65.7 Å². The van der Waals surface area contributed by atoms with Crippen LogP contribution in [-0.4, -0.2) is 31.6 Å². The Balaban J connectivity index is 0.00000450. The summed E-state index contributed by atoms with van der Waals surface area (Å²) in [4.78, 5) is 16.4. The third-order valence-electron chi connectivity index (χ3n) is 3.92. The van der Waals surface area contributed by atoms with Gasteiger partial charge in [0.25, 0.3) is 0 Å². The normalized spacial score (nSPS) is 10.9. The minimum atomic E-state index is -2.89. The zero-order chi connectivity index (χ0) is 20.9. The van der Waals surface area contributed by atoms with E-state index in [4.69, 9.17) is 0 Å². The quantitative estimate of drug-likeness (QED) is 0.248. The first-order valence-corrected chi connectivity index (χ1v) is 9.44. The van der Waals surface area contributed by atoms with Crippen molar-refractivity contribution in [1.29, 1.82) is 0 Å². The van der Waals surface area contributed by atoms with Crippen LogP contribution >= 0.6 is 24.0 Å². The Morgan fingerprint density at radius 1 is 1.03 bits per heavy atom. The first kappa shape index (κ1) is 25.6. The summed E-state index contributed by atoms with van der Waals surface area (Å²) in [6.45, 7) is 0.689. The molecule has 0 saturated heterocycles. The van der Waals surface area contributed by atoms with Crippen molar-refractivity contribution in [2.75, 3.05) is 13.1 Å². The highest BCUT2D eigenvalue weighted by atomic mass is 127. The predicted octanol–water partition coefficient (Wildman–Crippen LogP) is 3.67. The van der Waals surface area contributed by atoms with Gasteiger partial charge >= 0.3 is 6.61 Å². The Morgan fingerprint density at radius 2 is 1.73 bits per heavy atom. The molecule has 0 fully saturated rings. The van der Waals surface area contributed by atoms with Crippen LogP contribution in [-0.2, 0) is 17.9 Å². The van der Waals surface area contributed by atoms with Gasteiger partial charge in [0.15, 0.2) is 5.96 Å². The monoisotopic (exact) mass is 532 g/mol. The fraction of sp³-hybridized carbons (Fsp3) is 0.333. The van der Waals surface area contributed by atoms with E-state index in [1.165, 1.54) is 6.07 Å². The molecule has 0 bridgehead atoms. The van der Waals surface area contributed by atoms with E-state index in [9.17, 15) is 13.6 Å². The molecular weight excluding hydrogens is 505 g/mol. The summed E-state index contributed by atoms with van der Waals surface area (Å²) in [7, 11) is 0. The smallest absolute Gasteiger partial charge is 0.387 e. The van der Waals surface area contributed by atoms with Crippen molar-refractivity contribution in [3.63, 3.8) is 0 Å². The number of hydrogen-bond donors (Lipinski definition) is 3. The SMILES string of the molecule is CCNC(=NCc1ccccc1OC(F)F)NCCC(=O)NCc1ccccc1.I. The van der Waals surface area contributed by atoms with E-state index in [-0.39, 0.29) is 48.6 Å². The summed E-state index contributed by atoms with van der Waals surface area (Å²) >= 11 is 0. The van der Waals surface area contributed by atoms with E-state index >= 15 is 0 Å². The van der Waals surface area contributed by atoms with Crippen molar-refractivity contribution in [2.24, 2.45) is 4.99 Å². The molecule has 2 aromatic rings. The van der Waals surface area contributed by atoms with Crippen LogP contribution in [0.15, 0.2) is 59.6 Å². The number of aliphatic imine (C=N–C) groups is 1. The van der Waals surface area contributed by atoms with Gasteiger partial charge in [0, 0.05) is 31.6 Å². The van der Waals surface area contributed by atoms with Gasteiger partial charge < -0.3 is 20.7 Å². The molecule has 164 valence electrons. The summed E-state index contributed by atoms with van der Waals surface area (Å²) in [6.07, 6.45) is 0.280. The summed E-state index contributed by atoms with van der Waals surface area (Å²) in [5.74, 6) is 0.519. The van der Waals surface area contributed by atoms with Gasteiger partial charge in [-0.15, -0.1) is 24.0 Å². The third kappa shape index (κ3) is 9.86. The molecule has 0 aliphatic carbocycles. The lowest BCUT2D eigenvalue weighted by atomic mass is 10.2. The summed E-state index contributed by atoms with van der Waals surface area (Å²) in [5.41, 5.74) is 1.58. The van der Waals surface area contributed by atoms with Gasteiger partial charge in [0.1, 0.15) is 5.75 Å². The average molecular weight is 532 g/mol. The fourth-order valence-corrected chi connectivity index (χ4v) is 2.53. The van der Waals surface area contributed by atoms with Crippen molar-refractivity contribution in [2.45, 2.75) is 33.0 Å². The zero-order valence-electron chi connectivity index (χ0n) is 16.7. The van der Waals surface area contributed by atoms with Crippen molar-refractivity contribution < 1.29 is 18.3 Å². The lowest BCUT2D eigenvalue weighted by Crippen LogP contribution is -2.39. The number of ether oxygens (including phenoxy) is 1. The highest BCUT2D eigenvalue weighted by molar-refractivity contribution is 14.0. The van der Waals surface area contributed by atoms with Crippen molar-refractivity contribution in [1.82, 2.24) is 16.0 Å². The molecule has 0 atom stereocenters. The van der Waals surface area contributed by atoms with E-state index in [1.54, 1.807) is 18.2 Å². The standard InChI is InChI=1S/C21H26F2N4O2.HI/c1-2-24-21(27-15-17-10-6-7-11-18(17)29-20(22)23)25-13-12-19(28)26-14-16-8-4-3-5-9-16;/h3-11,20H,2,12-15H2,1H3,(H,26,28)(H2,24,25,27);1H. The number of benzene rings is 2. The molecule has 6 nitrogen and oxygen atoms in total. The van der Waals surface area contributed by atoms with Gasteiger partial charge in [-0.3, -0.25) is 4.79 Å². The average Bonchev–Trinajstić information content (AvgIpc) is 2.72. The summed E-state index contributed by atoms with van der Waals surface area (Å²) in [5, 5.41) is 8.99. The maximum absolute atomic E-state index is 12.5. The second kappa shape index (κ2) is 14.5. The second-order valence-corrected chi connectivity index (χ2v) is 6.12. The number of nitrogens with one attached hydrogen (secondary N) is 3. The van der Waals surface area contributed by atoms with E-state index < -0.39 is 6.61 Å². The molecule has 30 heavy (non-hydrogen) atoms. The molecule has 3 N–H and O–H groups in total. The maximum atomic E-state index is 12.5. The molecule has 9 heteroatoms. The molecule has 0 heterocycles.